The number of nitrogens with zero attached hydrogens (tertiary/aromatic N) is 2. The number of aromatic amines is 2. The van der Waals surface area contributed by atoms with Gasteiger partial charge in [0.1, 0.15) is 0 Å². The van der Waals surface area contributed by atoms with Gasteiger partial charge >= 0.3 is 0 Å². The van der Waals surface area contributed by atoms with Gasteiger partial charge in [-0.1, -0.05) is 48.5 Å². The molecular weight excluding hydrogens is 905 g/mol. The molecule has 0 fully saturated rings. The highest BCUT2D eigenvalue weighted by Gasteiger charge is 2.23. The highest BCUT2D eigenvalue weighted by Crippen LogP contribution is 2.39. The average molecular weight is 937 g/mol. The van der Waals surface area contributed by atoms with Crippen LogP contribution >= 0.6 is 0 Å². The lowest BCUT2D eigenvalue weighted by atomic mass is 10.0. The number of rotatable bonds is 8. The maximum absolute atomic E-state index is 12.0. The Morgan fingerprint density at radius 1 is 0.344 bits per heavy atom. The molecule has 20 heteroatoms. The van der Waals surface area contributed by atoms with Gasteiger partial charge in [0.05, 0.1) is 42.4 Å². The monoisotopic (exact) mass is 936 g/mol. The highest BCUT2D eigenvalue weighted by molar-refractivity contribution is 7.86. The summed E-state index contributed by atoms with van der Waals surface area (Å²) in [4.78, 5) is 15.9. The van der Waals surface area contributed by atoms with Gasteiger partial charge in [-0.15, -0.1) is 0 Å². The van der Waals surface area contributed by atoms with Crippen LogP contribution in [-0.2, 0) is 53.3 Å². The first-order valence-electron chi connectivity index (χ1n) is 19.0. The van der Waals surface area contributed by atoms with Gasteiger partial charge < -0.3 is 9.97 Å². The van der Waals surface area contributed by atoms with Crippen molar-refractivity contribution >= 4 is 74.7 Å². The van der Waals surface area contributed by atoms with Crippen molar-refractivity contribution in [3.05, 3.63) is 144 Å². The van der Waals surface area contributed by atoms with Gasteiger partial charge in [0.15, 0.2) is 0 Å². The first-order valence-corrected chi connectivity index (χ1v) is 24.8. The summed E-state index contributed by atoms with van der Waals surface area (Å²) in [5, 5.41) is 0. The molecule has 0 aliphatic carbocycles. The van der Waals surface area contributed by atoms with E-state index >= 15 is 0 Å². The Morgan fingerprint density at radius 3 is 0.859 bits per heavy atom. The summed E-state index contributed by atoms with van der Waals surface area (Å²) >= 11 is 0. The van der Waals surface area contributed by atoms with E-state index in [4.69, 9.17) is 9.97 Å². The molecule has 0 saturated carbocycles. The second-order valence-electron chi connectivity index (χ2n) is 14.8. The second kappa shape index (κ2) is 15.6. The number of benzene rings is 4. The number of hydrogen-bond donors (Lipinski definition) is 6. The lowest BCUT2D eigenvalue weighted by Crippen LogP contribution is -1.98. The molecule has 0 atom stereocenters. The van der Waals surface area contributed by atoms with E-state index in [1.54, 1.807) is 36.4 Å². The van der Waals surface area contributed by atoms with Crippen LogP contribution in [0.5, 0.6) is 0 Å². The zero-order valence-electron chi connectivity index (χ0n) is 32.7. The van der Waals surface area contributed by atoms with Crippen molar-refractivity contribution in [2.45, 2.75) is 32.4 Å². The molecule has 8 bridgehead atoms. The highest BCUT2D eigenvalue weighted by atomic mass is 32.2. The van der Waals surface area contributed by atoms with Gasteiger partial charge in [-0.05, 0) is 120 Å². The molecule has 0 unspecified atom stereocenters. The summed E-state index contributed by atoms with van der Waals surface area (Å²) in [5.74, 6) is 0. The molecule has 6 N–H and O–H groups in total. The Morgan fingerprint density at radius 2 is 0.594 bits per heavy atom. The average Bonchev–Trinajstić information content (AvgIpc) is 4.08. The zero-order valence-corrected chi connectivity index (χ0v) is 36.0. The maximum Gasteiger partial charge on any atom is 0.294 e. The number of H-pyrrole nitrogens is 2. The van der Waals surface area contributed by atoms with Gasteiger partial charge in [-0.2, -0.15) is 33.7 Å². The number of aromatic nitrogens is 4. The van der Waals surface area contributed by atoms with Crippen molar-refractivity contribution in [2.24, 2.45) is 0 Å². The molecule has 7 aromatic rings. The molecule has 16 nitrogen and oxygen atoms in total. The van der Waals surface area contributed by atoms with E-state index in [1.165, 1.54) is 97.1 Å². The number of hydrogen-bond acceptors (Lipinski definition) is 10. The minimum absolute atomic E-state index is 0.322. The molecule has 0 amide bonds. The van der Waals surface area contributed by atoms with Crippen molar-refractivity contribution in [2.75, 3.05) is 0 Å². The van der Waals surface area contributed by atoms with Crippen LogP contribution in [0.2, 0.25) is 0 Å². The van der Waals surface area contributed by atoms with E-state index in [2.05, 4.69) is 9.97 Å². The topological polar surface area (TPSA) is 275 Å². The molecule has 324 valence electrons. The minimum atomic E-state index is -4.54. The van der Waals surface area contributed by atoms with Crippen LogP contribution in [0, 0.1) is 0 Å². The van der Waals surface area contributed by atoms with E-state index in [-0.39, 0.29) is 19.6 Å². The Balaban J connectivity index is 1.43. The summed E-state index contributed by atoms with van der Waals surface area (Å²) in [6, 6.07) is 29.4. The second-order valence-corrected chi connectivity index (χ2v) is 20.5. The molecule has 2 aliphatic heterocycles. The Kier molecular flexibility index (Phi) is 10.4. The Labute approximate surface area is 365 Å². The molecule has 0 spiro atoms. The molecule has 3 aromatic heterocycles. The third kappa shape index (κ3) is 8.19. The van der Waals surface area contributed by atoms with Crippen molar-refractivity contribution in [3.63, 3.8) is 0 Å². The molecule has 64 heavy (non-hydrogen) atoms. The molecular formula is C44H32N4O12S4. The number of fused-ring (bicyclic) bond motifs is 8. The first kappa shape index (κ1) is 42.7. The van der Waals surface area contributed by atoms with Gasteiger partial charge in [0, 0.05) is 44.3 Å². The molecule has 5 heterocycles. The van der Waals surface area contributed by atoms with Gasteiger partial charge in [-0.3, -0.25) is 23.2 Å². The van der Waals surface area contributed by atoms with Crippen LogP contribution in [0.3, 0.4) is 0 Å². The standard InChI is InChI=1S/C44H32N4O12S4/c49-61(50,51)29-9-1-25(2-10-29)41-33-17-19-35(45-33)42(26-3-11-30(12-4-26)62(52,53)54)37-21-23-39(47-37)44(28-7-15-32(16-8-28)64(58,59)60)40-24-22-38(48-40)43(36-20-18-34(41)46-36)27-5-13-31(14-6-27)63(55,56)57/h1-21,23,46-47H,22,24H2,(H,49,50,51)(H,52,53,54)(H,55,56,57)(H,58,59,60). The number of nitrogens with one attached hydrogen (secondary N) is 2. The van der Waals surface area contributed by atoms with Crippen LogP contribution in [0.25, 0.3) is 78.7 Å². The van der Waals surface area contributed by atoms with Crippen LogP contribution in [0.1, 0.15) is 22.8 Å². The lowest BCUT2D eigenvalue weighted by molar-refractivity contribution is 0.481. The van der Waals surface area contributed by atoms with Crippen LogP contribution < -0.4 is 0 Å². The number of aryl methyl sites for hydroxylation is 2. The minimum Gasteiger partial charge on any atom is -0.354 e. The molecule has 9 rings (SSSR count). The Hall–Kier alpha value is -6.62. The van der Waals surface area contributed by atoms with E-state index in [9.17, 15) is 51.9 Å². The quantitative estimate of drug-likeness (QED) is 0.0790. The van der Waals surface area contributed by atoms with Crippen LogP contribution in [0.15, 0.2) is 141 Å². The summed E-state index contributed by atoms with van der Waals surface area (Å²) in [6.45, 7) is 0. The predicted octanol–water partition coefficient (Wildman–Crippen LogP) is 7.93. The normalized spacial score (nSPS) is 13.3. The van der Waals surface area contributed by atoms with Crippen LogP contribution in [-0.4, -0.2) is 71.8 Å². The van der Waals surface area contributed by atoms with Crippen molar-refractivity contribution < 1.29 is 51.9 Å². The van der Waals surface area contributed by atoms with Crippen molar-refractivity contribution in [1.82, 2.24) is 19.9 Å². The predicted molar refractivity (Wildman–Crippen MR) is 238 cm³/mol. The Bertz CT molecular complexity index is 3490. The molecule has 0 saturated heterocycles. The summed E-state index contributed by atoms with van der Waals surface area (Å²) < 4.78 is 135. The molecule has 2 aliphatic rings. The summed E-state index contributed by atoms with van der Waals surface area (Å²) in [5.41, 5.74) is 8.29. The van der Waals surface area contributed by atoms with E-state index in [0.29, 0.717) is 102 Å². The van der Waals surface area contributed by atoms with Gasteiger partial charge in [-0.25, -0.2) is 4.98 Å². The van der Waals surface area contributed by atoms with Crippen molar-refractivity contribution in [1.29, 1.82) is 0 Å². The van der Waals surface area contributed by atoms with Crippen LogP contribution in [0.4, 0.5) is 0 Å². The van der Waals surface area contributed by atoms with E-state index < -0.39 is 40.5 Å². The molecule has 4 aromatic carbocycles. The smallest absolute Gasteiger partial charge is 0.294 e. The van der Waals surface area contributed by atoms with Gasteiger partial charge in [0.2, 0.25) is 0 Å². The van der Waals surface area contributed by atoms with E-state index in [1.807, 2.05) is 0 Å². The molecule has 0 radical (unpaired) electrons. The fourth-order valence-electron chi connectivity index (χ4n) is 7.90. The fraction of sp³-hybridized carbons (Fsp3) is 0.0455. The third-order valence-electron chi connectivity index (χ3n) is 10.8. The third-order valence-corrected chi connectivity index (χ3v) is 14.3. The zero-order chi connectivity index (χ0) is 45.3. The summed E-state index contributed by atoms with van der Waals surface area (Å²) in [7, 11) is -18.1. The lowest BCUT2D eigenvalue weighted by Gasteiger charge is -2.08. The maximum atomic E-state index is 12.0. The summed E-state index contributed by atoms with van der Waals surface area (Å²) in [6.07, 6.45) is 4.23. The van der Waals surface area contributed by atoms with E-state index in [0.717, 1.165) is 0 Å². The first-order chi connectivity index (χ1) is 30.2. The largest absolute Gasteiger partial charge is 0.354 e. The van der Waals surface area contributed by atoms with Crippen molar-refractivity contribution in [3.8, 4) is 44.5 Å². The SMILES string of the molecule is O=S(=O)(O)c1ccc(-c2c3nc(c(-c4ccc(S(=O)(=O)O)cc4)c4ccc([nH]4)c(-c4ccc(S(=O)(=O)O)cc4)c4nc(c(-c5ccc(S(=O)(=O)O)cc5)c5ccc2[nH]5)CC4)C=C3)cc1. The van der Waals surface area contributed by atoms with Gasteiger partial charge in [0.25, 0.3) is 40.5 Å². The fourth-order valence-corrected chi connectivity index (χ4v) is 9.82.